The minimum Gasteiger partial charge on any atom is -0.490 e. The number of benzene rings is 1. The Balaban J connectivity index is 2.33. The van der Waals surface area contributed by atoms with Crippen molar-refractivity contribution in [3.8, 4) is 11.5 Å². The molecule has 27 heavy (non-hydrogen) atoms. The fourth-order valence-corrected chi connectivity index (χ4v) is 3.32. The first kappa shape index (κ1) is 20.9. The van der Waals surface area contributed by atoms with Gasteiger partial charge in [0, 0.05) is 6.54 Å². The lowest BCUT2D eigenvalue weighted by molar-refractivity contribution is -0.142. The molecule has 2 rings (SSSR count). The molecule has 0 aliphatic carbocycles. The summed E-state index contributed by atoms with van der Waals surface area (Å²) in [4.78, 5) is 36.9. The van der Waals surface area contributed by atoms with Crippen LogP contribution in [0.5, 0.6) is 11.5 Å². The SMILES string of the molecule is C=CCN1C(=O)SC(=Cc2cc(Cl)c(OCC(=O)OC)c(OCC)c2)C1=O. The summed E-state index contributed by atoms with van der Waals surface area (Å²) in [5, 5.41) is -0.165. The molecule has 144 valence electrons. The van der Waals surface area contributed by atoms with E-state index >= 15 is 0 Å². The first-order valence-electron chi connectivity index (χ1n) is 7.93. The molecule has 1 heterocycles. The third kappa shape index (κ3) is 5.05. The van der Waals surface area contributed by atoms with Gasteiger partial charge in [-0.2, -0.15) is 0 Å². The molecular formula is C18H18ClNO6S. The summed E-state index contributed by atoms with van der Waals surface area (Å²) in [7, 11) is 1.25. The van der Waals surface area contributed by atoms with Crippen molar-refractivity contribution in [2.75, 3.05) is 26.9 Å². The third-order valence-electron chi connectivity index (χ3n) is 3.38. The molecule has 1 aliphatic heterocycles. The minimum absolute atomic E-state index is 0.146. The lowest BCUT2D eigenvalue weighted by atomic mass is 10.1. The topological polar surface area (TPSA) is 82.1 Å². The number of hydrogen-bond acceptors (Lipinski definition) is 7. The number of imide groups is 1. The van der Waals surface area contributed by atoms with E-state index in [1.165, 1.54) is 13.2 Å². The van der Waals surface area contributed by atoms with Crippen molar-refractivity contribution < 1.29 is 28.6 Å². The highest BCUT2D eigenvalue weighted by atomic mass is 35.5. The van der Waals surface area contributed by atoms with E-state index in [0.29, 0.717) is 17.9 Å². The highest BCUT2D eigenvalue weighted by Crippen LogP contribution is 2.39. The van der Waals surface area contributed by atoms with Crippen molar-refractivity contribution in [3.63, 3.8) is 0 Å². The van der Waals surface area contributed by atoms with Crippen molar-refractivity contribution in [1.82, 2.24) is 4.90 Å². The van der Waals surface area contributed by atoms with E-state index in [2.05, 4.69) is 11.3 Å². The Hall–Kier alpha value is -2.45. The Morgan fingerprint density at radius 2 is 2.07 bits per heavy atom. The Bertz CT molecular complexity index is 807. The molecule has 9 heteroatoms. The summed E-state index contributed by atoms with van der Waals surface area (Å²) in [6.07, 6.45) is 3.03. The summed E-state index contributed by atoms with van der Waals surface area (Å²) < 4.78 is 15.4. The molecule has 0 bridgehead atoms. The van der Waals surface area contributed by atoms with Crippen LogP contribution < -0.4 is 9.47 Å². The summed E-state index contributed by atoms with van der Waals surface area (Å²) in [5.41, 5.74) is 0.554. The smallest absolute Gasteiger partial charge is 0.343 e. The van der Waals surface area contributed by atoms with E-state index < -0.39 is 11.9 Å². The molecular weight excluding hydrogens is 394 g/mol. The van der Waals surface area contributed by atoms with Gasteiger partial charge >= 0.3 is 5.97 Å². The summed E-state index contributed by atoms with van der Waals surface area (Å²) in [6.45, 7) is 5.48. The maximum atomic E-state index is 12.3. The van der Waals surface area contributed by atoms with Gasteiger partial charge in [-0.15, -0.1) is 6.58 Å². The Morgan fingerprint density at radius 1 is 1.33 bits per heavy atom. The number of hydrogen-bond donors (Lipinski definition) is 0. The quantitative estimate of drug-likeness (QED) is 0.367. The van der Waals surface area contributed by atoms with Crippen molar-refractivity contribution >= 4 is 46.6 Å². The van der Waals surface area contributed by atoms with Crippen LogP contribution >= 0.6 is 23.4 Å². The van der Waals surface area contributed by atoms with E-state index in [-0.39, 0.29) is 34.1 Å². The van der Waals surface area contributed by atoms with Gasteiger partial charge in [0.1, 0.15) is 0 Å². The summed E-state index contributed by atoms with van der Waals surface area (Å²) in [5.74, 6) is -0.454. The van der Waals surface area contributed by atoms with Gasteiger partial charge in [0.25, 0.3) is 11.1 Å². The van der Waals surface area contributed by atoms with E-state index in [1.54, 1.807) is 25.1 Å². The first-order chi connectivity index (χ1) is 12.9. The molecule has 0 N–H and O–H groups in total. The molecule has 1 aliphatic rings. The first-order valence-corrected chi connectivity index (χ1v) is 9.12. The zero-order chi connectivity index (χ0) is 20.0. The van der Waals surface area contributed by atoms with Crippen molar-refractivity contribution in [2.24, 2.45) is 0 Å². The molecule has 0 radical (unpaired) electrons. The van der Waals surface area contributed by atoms with E-state index in [4.69, 9.17) is 21.1 Å². The average Bonchev–Trinajstić information content (AvgIpc) is 2.89. The Labute approximate surface area is 165 Å². The van der Waals surface area contributed by atoms with Gasteiger partial charge in [0.15, 0.2) is 18.1 Å². The zero-order valence-electron chi connectivity index (χ0n) is 14.8. The predicted molar refractivity (Wildman–Crippen MR) is 103 cm³/mol. The molecule has 0 spiro atoms. The molecule has 0 atom stereocenters. The predicted octanol–water partition coefficient (Wildman–Crippen LogP) is 3.51. The largest absolute Gasteiger partial charge is 0.490 e. The van der Waals surface area contributed by atoms with Gasteiger partial charge in [-0.3, -0.25) is 14.5 Å². The Morgan fingerprint density at radius 3 is 2.70 bits per heavy atom. The number of carbonyl (C=O) groups is 3. The van der Waals surface area contributed by atoms with Gasteiger partial charge < -0.3 is 14.2 Å². The fraction of sp³-hybridized carbons (Fsp3) is 0.278. The van der Waals surface area contributed by atoms with Crippen LogP contribution in [-0.2, 0) is 14.3 Å². The molecule has 1 aromatic carbocycles. The van der Waals surface area contributed by atoms with Crippen LogP contribution in [-0.4, -0.2) is 48.9 Å². The second-order valence-electron chi connectivity index (χ2n) is 5.21. The van der Waals surface area contributed by atoms with Crippen molar-refractivity contribution in [3.05, 3.63) is 40.3 Å². The molecule has 0 aromatic heterocycles. The summed E-state index contributed by atoms with van der Waals surface area (Å²) in [6, 6.07) is 3.17. The average molecular weight is 412 g/mol. The standard InChI is InChI=1S/C18H18ClNO6S/c1-4-6-20-17(22)14(27-18(20)23)9-11-7-12(19)16(13(8-11)25-5-2)26-10-15(21)24-3/h4,7-9H,1,5-6,10H2,2-3H3. The minimum atomic E-state index is -0.562. The fourth-order valence-electron chi connectivity index (χ4n) is 2.20. The number of rotatable bonds is 8. The van der Waals surface area contributed by atoms with Gasteiger partial charge in [-0.25, -0.2) is 4.79 Å². The van der Waals surface area contributed by atoms with Gasteiger partial charge in [-0.1, -0.05) is 17.7 Å². The molecule has 7 nitrogen and oxygen atoms in total. The molecule has 1 aromatic rings. The van der Waals surface area contributed by atoms with E-state index in [1.807, 2.05) is 0 Å². The van der Waals surface area contributed by atoms with E-state index in [0.717, 1.165) is 16.7 Å². The van der Waals surface area contributed by atoms with Gasteiger partial charge in [0.2, 0.25) is 0 Å². The zero-order valence-corrected chi connectivity index (χ0v) is 16.4. The lowest BCUT2D eigenvalue weighted by Gasteiger charge is -2.14. The van der Waals surface area contributed by atoms with Crippen LogP contribution in [0.15, 0.2) is 29.7 Å². The second-order valence-corrected chi connectivity index (χ2v) is 6.61. The van der Waals surface area contributed by atoms with Crippen LogP contribution in [0.3, 0.4) is 0 Å². The van der Waals surface area contributed by atoms with Crippen molar-refractivity contribution in [1.29, 1.82) is 0 Å². The number of ether oxygens (including phenoxy) is 3. The number of thioether (sulfide) groups is 1. The molecule has 0 unspecified atom stereocenters. The third-order valence-corrected chi connectivity index (χ3v) is 4.56. The number of amides is 2. The maximum absolute atomic E-state index is 12.3. The monoisotopic (exact) mass is 411 g/mol. The van der Waals surface area contributed by atoms with Crippen LogP contribution in [0.2, 0.25) is 5.02 Å². The van der Waals surface area contributed by atoms with Gasteiger partial charge in [-0.05, 0) is 42.5 Å². The highest BCUT2D eigenvalue weighted by molar-refractivity contribution is 8.18. The normalized spacial score (nSPS) is 15.2. The van der Waals surface area contributed by atoms with Crippen LogP contribution in [0, 0.1) is 0 Å². The number of halogens is 1. The molecule has 0 saturated carbocycles. The number of nitrogens with zero attached hydrogens (tertiary/aromatic N) is 1. The van der Waals surface area contributed by atoms with Crippen LogP contribution in [0.1, 0.15) is 12.5 Å². The molecule has 2 amide bonds. The van der Waals surface area contributed by atoms with Crippen molar-refractivity contribution in [2.45, 2.75) is 6.92 Å². The second kappa shape index (κ2) is 9.48. The van der Waals surface area contributed by atoms with Crippen LogP contribution in [0.4, 0.5) is 4.79 Å². The number of carbonyl (C=O) groups excluding carboxylic acids is 3. The van der Waals surface area contributed by atoms with Gasteiger partial charge in [0.05, 0.1) is 23.6 Å². The van der Waals surface area contributed by atoms with E-state index in [9.17, 15) is 14.4 Å². The number of methoxy groups -OCH3 is 1. The Kier molecular flexibility index (Phi) is 7.32. The maximum Gasteiger partial charge on any atom is 0.343 e. The molecule has 1 fully saturated rings. The highest BCUT2D eigenvalue weighted by Gasteiger charge is 2.34. The number of esters is 1. The van der Waals surface area contributed by atoms with Crippen LogP contribution in [0.25, 0.3) is 6.08 Å². The summed E-state index contributed by atoms with van der Waals surface area (Å²) >= 11 is 7.09. The lowest BCUT2D eigenvalue weighted by Crippen LogP contribution is -2.27. The molecule has 1 saturated heterocycles.